The molecule has 1 fully saturated rings. The smallest absolute Gasteiger partial charge is 0.268 e. The largest absolute Gasteiger partial charge is 0.270 e. The highest BCUT2D eigenvalue weighted by Crippen LogP contribution is 2.36. The quantitative estimate of drug-likeness (QED) is 0.519. The molecule has 1 aromatic heterocycles. The van der Waals surface area contributed by atoms with Gasteiger partial charge in [-0.25, -0.2) is 0 Å². The van der Waals surface area contributed by atoms with Crippen molar-refractivity contribution >= 4 is 57.3 Å². The Kier molecular flexibility index (Phi) is 5.30. The van der Waals surface area contributed by atoms with E-state index in [4.69, 9.17) is 12.2 Å². The zero-order valence-corrected chi connectivity index (χ0v) is 15.3. The van der Waals surface area contributed by atoms with Gasteiger partial charge in [0.15, 0.2) is 4.32 Å². The molecule has 3 rings (SSSR count). The molecule has 2 aromatic rings. The third kappa shape index (κ3) is 3.74. The lowest BCUT2D eigenvalue weighted by atomic mass is 10.1. The summed E-state index contributed by atoms with van der Waals surface area (Å²) in [5.74, 6) is -0.0327. The molecule has 0 radical (unpaired) electrons. The van der Waals surface area contributed by atoms with Crippen LogP contribution in [0.5, 0.6) is 0 Å². The van der Waals surface area contributed by atoms with Gasteiger partial charge in [0.05, 0.1) is 10.6 Å². The summed E-state index contributed by atoms with van der Waals surface area (Å²) < 4.78 is 0.596. The molecule has 0 saturated carbocycles. The number of carbonyl (C=O) groups is 1. The first-order chi connectivity index (χ1) is 11.2. The van der Waals surface area contributed by atoms with E-state index in [1.54, 1.807) is 16.2 Å². The van der Waals surface area contributed by atoms with E-state index in [9.17, 15) is 4.79 Å². The molecule has 1 amide bonds. The summed E-state index contributed by atoms with van der Waals surface area (Å²) in [6.45, 7) is 2.19. The van der Waals surface area contributed by atoms with Crippen LogP contribution in [0.4, 0.5) is 5.69 Å². The minimum Gasteiger partial charge on any atom is -0.268 e. The van der Waals surface area contributed by atoms with Crippen LogP contribution in [-0.2, 0) is 11.2 Å². The van der Waals surface area contributed by atoms with Crippen molar-refractivity contribution in [1.29, 1.82) is 0 Å². The molecule has 5 heteroatoms. The third-order valence-electron chi connectivity index (χ3n) is 3.62. The van der Waals surface area contributed by atoms with Gasteiger partial charge in [-0.05, 0) is 48.1 Å². The monoisotopic (exact) mass is 359 g/mol. The maximum atomic E-state index is 12.7. The van der Waals surface area contributed by atoms with Crippen LogP contribution in [0.15, 0.2) is 46.7 Å². The van der Waals surface area contributed by atoms with Gasteiger partial charge in [-0.3, -0.25) is 9.69 Å². The van der Waals surface area contributed by atoms with Crippen LogP contribution in [-0.4, -0.2) is 10.2 Å². The molecular formula is C18H17NOS3. The number of amides is 1. The number of thioether (sulfide) groups is 1. The normalized spacial score (nSPS) is 16.6. The predicted molar refractivity (Wildman–Crippen MR) is 105 cm³/mol. The van der Waals surface area contributed by atoms with Gasteiger partial charge in [0.2, 0.25) is 0 Å². The first kappa shape index (κ1) is 16.4. The van der Waals surface area contributed by atoms with Gasteiger partial charge in [0.25, 0.3) is 5.91 Å². The molecule has 0 bridgehead atoms. The standard InChI is InChI=1S/C18H17NOS3/c1-2-3-5-13-7-9-14(10-8-13)19-17(20)16(23-18(19)21)12-15-6-4-11-22-15/h4,6-12H,2-3,5H2,1H3/b16-12+. The van der Waals surface area contributed by atoms with Crippen molar-refractivity contribution in [3.05, 3.63) is 57.1 Å². The summed E-state index contributed by atoms with van der Waals surface area (Å²) in [7, 11) is 0. The second kappa shape index (κ2) is 7.43. The van der Waals surface area contributed by atoms with Crippen molar-refractivity contribution in [3.8, 4) is 0 Å². The lowest BCUT2D eigenvalue weighted by Gasteiger charge is -2.15. The molecule has 0 unspecified atom stereocenters. The summed E-state index contributed by atoms with van der Waals surface area (Å²) in [6.07, 6.45) is 5.36. The number of hydrogen-bond donors (Lipinski definition) is 0. The Morgan fingerprint density at radius 1 is 1.22 bits per heavy atom. The Hall–Kier alpha value is -1.43. The summed E-state index contributed by atoms with van der Waals surface area (Å²) in [5.41, 5.74) is 2.15. The van der Waals surface area contributed by atoms with Gasteiger partial charge >= 0.3 is 0 Å². The number of anilines is 1. The molecule has 0 spiro atoms. The fourth-order valence-electron chi connectivity index (χ4n) is 2.39. The van der Waals surface area contributed by atoms with Gasteiger partial charge in [-0.2, -0.15) is 0 Å². The van der Waals surface area contributed by atoms with Gasteiger partial charge in [-0.15, -0.1) is 11.3 Å². The molecule has 1 aliphatic heterocycles. The maximum absolute atomic E-state index is 12.7. The molecule has 1 aromatic carbocycles. The average molecular weight is 360 g/mol. The van der Waals surface area contributed by atoms with Crippen LogP contribution in [0, 0.1) is 0 Å². The molecule has 118 valence electrons. The Labute approximate surface area is 150 Å². The Balaban J connectivity index is 1.80. The number of thiocarbonyl (C=S) groups is 1. The van der Waals surface area contributed by atoms with E-state index in [2.05, 4.69) is 19.1 Å². The van der Waals surface area contributed by atoms with Crippen molar-refractivity contribution in [1.82, 2.24) is 0 Å². The molecule has 2 heterocycles. The van der Waals surface area contributed by atoms with Gasteiger partial charge in [0.1, 0.15) is 0 Å². The molecule has 0 aliphatic carbocycles. The van der Waals surface area contributed by atoms with Crippen LogP contribution >= 0.6 is 35.3 Å². The number of aryl methyl sites for hydroxylation is 1. The number of hydrogen-bond acceptors (Lipinski definition) is 4. The second-order valence-corrected chi connectivity index (χ2v) is 7.96. The van der Waals surface area contributed by atoms with Crippen molar-refractivity contribution in [2.45, 2.75) is 26.2 Å². The van der Waals surface area contributed by atoms with E-state index in [1.807, 2.05) is 35.7 Å². The predicted octanol–water partition coefficient (Wildman–Crippen LogP) is 5.50. The number of carbonyl (C=O) groups excluding carboxylic acids is 1. The van der Waals surface area contributed by atoms with Gasteiger partial charge in [-0.1, -0.05) is 55.5 Å². The van der Waals surface area contributed by atoms with Crippen LogP contribution in [0.3, 0.4) is 0 Å². The zero-order chi connectivity index (χ0) is 16.2. The molecule has 1 aliphatic rings. The van der Waals surface area contributed by atoms with Crippen LogP contribution < -0.4 is 4.90 Å². The highest BCUT2D eigenvalue weighted by molar-refractivity contribution is 8.27. The Morgan fingerprint density at radius 2 is 2.00 bits per heavy atom. The maximum Gasteiger partial charge on any atom is 0.270 e. The van der Waals surface area contributed by atoms with Crippen molar-refractivity contribution < 1.29 is 4.79 Å². The van der Waals surface area contributed by atoms with Crippen LogP contribution in [0.25, 0.3) is 6.08 Å². The Morgan fingerprint density at radius 3 is 2.65 bits per heavy atom. The lowest BCUT2D eigenvalue weighted by molar-refractivity contribution is -0.113. The third-order valence-corrected chi connectivity index (χ3v) is 5.75. The molecule has 1 saturated heterocycles. The number of rotatable bonds is 5. The minimum atomic E-state index is -0.0327. The van der Waals surface area contributed by atoms with Crippen molar-refractivity contribution in [2.75, 3.05) is 4.90 Å². The summed E-state index contributed by atoms with van der Waals surface area (Å²) >= 11 is 8.39. The highest BCUT2D eigenvalue weighted by atomic mass is 32.2. The fourth-order valence-corrected chi connectivity index (χ4v) is 4.41. The van der Waals surface area contributed by atoms with E-state index >= 15 is 0 Å². The topological polar surface area (TPSA) is 20.3 Å². The van der Waals surface area contributed by atoms with Crippen molar-refractivity contribution in [2.24, 2.45) is 0 Å². The Bertz CT molecular complexity index is 732. The zero-order valence-electron chi connectivity index (χ0n) is 12.8. The van der Waals surface area contributed by atoms with Crippen LogP contribution in [0.2, 0.25) is 0 Å². The SMILES string of the molecule is CCCCc1ccc(N2C(=O)/C(=C\c3cccs3)SC2=S)cc1. The molecule has 23 heavy (non-hydrogen) atoms. The lowest BCUT2D eigenvalue weighted by Crippen LogP contribution is -2.27. The summed E-state index contributed by atoms with van der Waals surface area (Å²) in [4.78, 5) is 16.0. The van der Waals surface area contributed by atoms with E-state index < -0.39 is 0 Å². The number of benzene rings is 1. The van der Waals surface area contributed by atoms with E-state index in [0.29, 0.717) is 9.23 Å². The van der Waals surface area contributed by atoms with E-state index in [1.165, 1.54) is 30.2 Å². The molecule has 0 N–H and O–H groups in total. The first-order valence-electron chi connectivity index (χ1n) is 7.59. The molecule has 2 nitrogen and oxygen atoms in total. The van der Waals surface area contributed by atoms with E-state index in [-0.39, 0.29) is 5.91 Å². The van der Waals surface area contributed by atoms with Crippen molar-refractivity contribution in [3.63, 3.8) is 0 Å². The van der Waals surface area contributed by atoms with E-state index in [0.717, 1.165) is 17.0 Å². The van der Waals surface area contributed by atoms with Gasteiger partial charge in [0, 0.05) is 4.88 Å². The summed E-state index contributed by atoms with van der Waals surface area (Å²) in [5, 5.41) is 2.00. The molecule has 0 atom stereocenters. The fraction of sp³-hybridized carbons (Fsp3) is 0.222. The summed E-state index contributed by atoms with van der Waals surface area (Å²) in [6, 6.07) is 12.1. The average Bonchev–Trinajstić information content (AvgIpc) is 3.15. The van der Waals surface area contributed by atoms with Gasteiger partial charge < -0.3 is 0 Å². The van der Waals surface area contributed by atoms with Crippen LogP contribution in [0.1, 0.15) is 30.2 Å². The highest BCUT2D eigenvalue weighted by Gasteiger charge is 2.33. The number of nitrogens with zero attached hydrogens (tertiary/aromatic N) is 1. The minimum absolute atomic E-state index is 0.0327. The second-order valence-electron chi connectivity index (χ2n) is 5.30. The first-order valence-corrected chi connectivity index (χ1v) is 9.70. The molecular weight excluding hydrogens is 342 g/mol. The number of unbranched alkanes of at least 4 members (excludes halogenated alkanes) is 1. The number of thiophene rings is 1.